The molecule has 5 nitrogen and oxygen atoms in total. The Labute approximate surface area is 128 Å². The number of aliphatic hydroxyl groups is 1. The Morgan fingerprint density at radius 3 is 2.82 bits per heavy atom. The largest absolute Gasteiger partial charge is 0.387 e. The molecule has 1 aromatic heterocycles. The van der Waals surface area contributed by atoms with Crippen molar-refractivity contribution in [3.8, 4) is 0 Å². The Morgan fingerprint density at radius 2 is 2.05 bits per heavy atom. The van der Waals surface area contributed by atoms with Gasteiger partial charge in [0, 0.05) is 31.1 Å². The molecule has 1 aliphatic heterocycles. The lowest BCUT2D eigenvalue weighted by Crippen LogP contribution is -2.37. The SMILES string of the molecule is O[C@H](CN1CCn2c(nnc2C2CC2)C1)c1ccccc1F. The number of benzene rings is 1. The molecule has 4 rings (SSSR count). The maximum atomic E-state index is 13.7. The van der Waals surface area contributed by atoms with Gasteiger partial charge < -0.3 is 9.67 Å². The molecule has 0 bridgehead atoms. The number of hydrogen-bond donors (Lipinski definition) is 1. The fourth-order valence-electron chi connectivity index (χ4n) is 3.12. The highest BCUT2D eigenvalue weighted by atomic mass is 19.1. The third kappa shape index (κ3) is 2.53. The molecule has 1 N–H and O–H groups in total. The fourth-order valence-corrected chi connectivity index (χ4v) is 3.12. The lowest BCUT2D eigenvalue weighted by atomic mass is 10.1. The van der Waals surface area contributed by atoms with Gasteiger partial charge in [0.15, 0.2) is 0 Å². The molecule has 116 valence electrons. The average molecular weight is 302 g/mol. The summed E-state index contributed by atoms with van der Waals surface area (Å²) < 4.78 is 15.9. The van der Waals surface area contributed by atoms with Gasteiger partial charge in [-0.25, -0.2) is 4.39 Å². The maximum absolute atomic E-state index is 13.7. The van der Waals surface area contributed by atoms with E-state index in [0.29, 0.717) is 24.6 Å². The van der Waals surface area contributed by atoms with Crippen molar-refractivity contribution < 1.29 is 9.50 Å². The van der Waals surface area contributed by atoms with Gasteiger partial charge in [-0.1, -0.05) is 18.2 Å². The molecule has 22 heavy (non-hydrogen) atoms. The summed E-state index contributed by atoms with van der Waals surface area (Å²) in [4.78, 5) is 2.11. The van der Waals surface area contributed by atoms with Crippen LogP contribution in [-0.2, 0) is 13.1 Å². The van der Waals surface area contributed by atoms with E-state index in [0.717, 1.165) is 24.7 Å². The first kappa shape index (κ1) is 13.8. The van der Waals surface area contributed by atoms with Gasteiger partial charge in [-0.2, -0.15) is 0 Å². The molecular weight excluding hydrogens is 283 g/mol. The van der Waals surface area contributed by atoms with Crippen molar-refractivity contribution in [3.05, 3.63) is 47.3 Å². The second-order valence-corrected chi connectivity index (χ2v) is 6.17. The number of β-amino-alcohol motifs (C(OH)–C–C–N with tert-alkyl or cyclic N) is 1. The molecule has 0 radical (unpaired) electrons. The molecular formula is C16H19FN4O. The van der Waals surface area contributed by atoms with Crippen LogP contribution in [0.4, 0.5) is 4.39 Å². The first-order valence-corrected chi connectivity index (χ1v) is 7.79. The third-order valence-corrected chi connectivity index (χ3v) is 4.50. The van der Waals surface area contributed by atoms with Crippen LogP contribution < -0.4 is 0 Å². The van der Waals surface area contributed by atoms with E-state index in [9.17, 15) is 9.50 Å². The maximum Gasteiger partial charge on any atom is 0.147 e. The third-order valence-electron chi connectivity index (χ3n) is 4.50. The molecule has 1 aromatic carbocycles. The van der Waals surface area contributed by atoms with Crippen molar-refractivity contribution >= 4 is 0 Å². The van der Waals surface area contributed by atoms with Crippen LogP contribution in [-0.4, -0.2) is 37.9 Å². The van der Waals surface area contributed by atoms with Gasteiger partial charge in [0.05, 0.1) is 12.6 Å². The first-order valence-electron chi connectivity index (χ1n) is 7.79. The summed E-state index contributed by atoms with van der Waals surface area (Å²) in [7, 11) is 0. The number of fused-ring (bicyclic) bond motifs is 1. The van der Waals surface area contributed by atoms with Crippen LogP contribution in [0.25, 0.3) is 0 Å². The Balaban J connectivity index is 1.45. The van der Waals surface area contributed by atoms with Crippen molar-refractivity contribution in [1.29, 1.82) is 0 Å². The number of rotatable bonds is 4. The summed E-state index contributed by atoms with van der Waals surface area (Å²) in [6.45, 7) is 2.74. The monoisotopic (exact) mass is 302 g/mol. The lowest BCUT2D eigenvalue weighted by Gasteiger charge is -2.29. The molecule has 6 heteroatoms. The quantitative estimate of drug-likeness (QED) is 0.936. The minimum Gasteiger partial charge on any atom is -0.387 e. The van der Waals surface area contributed by atoms with Gasteiger partial charge in [-0.05, 0) is 18.9 Å². The van der Waals surface area contributed by atoms with E-state index in [1.165, 1.54) is 18.9 Å². The molecule has 2 aliphatic rings. The molecule has 1 atom stereocenters. The van der Waals surface area contributed by atoms with Gasteiger partial charge in [0.2, 0.25) is 0 Å². The summed E-state index contributed by atoms with van der Waals surface area (Å²) in [6, 6.07) is 6.40. The summed E-state index contributed by atoms with van der Waals surface area (Å²) >= 11 is 0. The van der Waals surface area contributed by atoms with Gasteiger partial charge in [0.25, 0.3) is 0 Å². The standard InChI is InChI=1S/C16H19FN4O/c17-13-4-2-1-3-12(13)14(22)9-20-7-8-21-15(10-20)18-19-16(21)11-5-6-11/h1-4,11,14,22H,5-10H2/t14-/m1/s1. The van der Waals surface area contributed by atoms with Crippen LogP contribution in [0.5, 0.6) is 0 Å². The Kier molecular flexibility index (Phi) is 3.43. The second-order valence-electron chi connectivity index (χ2n) is 6.17. The van der Waals surface area contributed by atoms with Gasteiger partial charge in [-0.3, -0.25) is 4.90 Å². The summed E-state index contributed by atoms with van der Waals surface area (Å²) in [6.07, 6.45) is 1.61. The lowest BCUT2D eigenvalue weighted by molar-refractivity contribution is 0.0934. The number of aromatic nitrogens is 3. The summed E-state index contributed by atoms with van der Waals surface area (Å²) in [5, 5.41) is 18.9. The van der Waals surface area contributed by atoms with E-state index in [1.807, 2.05) is 0 Å². The Bertz CT molecular complexity index is 683. The van der Waals surface area contributed by atoms with E-state index >= 15 is 0 Å². The molecule has 1 saturated carbocycles. The summed E-state index contributed by atoms with van der Waals surface area (Å²) in [5.74, 6) is 2.31. The highest BCUT2D eigenvalue weighted by molar-refractivity contribution is 5.20. The van der Waals surface area contributed by atoms with Gasteiger partial charge in [0.1, 0.15) is 17.5 Å². The smallest absolute Gasteiger partial charge is 0.147 e. The van der Waals surface area contributed by atoms with E-state index in [2.05, 4.69) is 19.7 Å². The first-order chi connectivity index (χ1) is 10.7. The van der Waals surface area contributed by atoms with Crippen molar-refractivity contribution in [2.75, 3.05) is 13.1 Å². The van der Waals surface area contributed by atoms with Crippen LogP contribution in [0.15, 0.2) is 24.3 Å². The summed E-state index contributed by atoms with van der Waals surface area (Å²) in [5.41, 5.74) is 0.355. The molecule has 1 fully saturated rings. The molecule has 0 unspecified atom stereocenters. The van der Waals surface area contributed by atoms with Crippen molar-refractivity contribution in [2.45, 2.75) is 38.0 Å². The molecule has 1 aliphatic carbocycles. The van der Waals surface area contributed by atoms with E-state index in [-0.39, 0.29) is 5.82 Å². The van der Waals surface area contributed by atoms with Crippen LogP contribution in [0, 0.1) is 5.82 Å². The predicted molar refractivity (Wildman–Crippen MR) is 78.6 cm³/mol. The highest BCUT2D eigenvalue weighted by Gasteiger charge is 2.32. The van der Waals surface area contributed by atoms with Crippen molar-refractivity contribution in [1.82, 2.24) is 19.7 Å². The number of halogens is 1. The van der Waals surface area contributed by atoms with E-state index < -0.39 is 6.10 Å². The van der Waals surface area contributed by atoms with Crippen LogP contribution in [0.3, 0.4) is 0 Å². The topological polar surface area (TPSA) is 54.2 Å². The molecule has 0 amide bonds. The molecule has 0 saturated heterocycles. The molecule has 0 spiro atoms. The van der Waals surface area contributed by atoms with Gasteiger partial charge in [-0.15, -0.1) is 10.2 Å². The zero-order chi connectivity index (χ0) is 15.1. The molecule has 2 heterocycles. The van der Waals surface area contributed by atoms with E-state index in [1.54, 1.807) is 18.2 Å². The minimum absolute atomic E-state index is 0.355. The highest BCUT2D eigenvalue weighted by Crippen LogP contribution is 2.39. The van der Waals surface area contributed by atoms with Crippen LogP contribution >= 0.6 is 0 Å². The zero-order valence-electron chi connectivity index (χ0n) is 12.3. The number of hydrogen-bond acceptors (Lipinski definition) is 4. The normalized spacial score (nSPS) is 19.9. The number of nitrogens with zero attached hydrogens (tertiary/aromatic N) is 4. The van der Waals surface area contributed by atoms with Crippen molar-refractivity contribution in [3.63, 3.8) is 0 Å². The van der Waals surface area contributed by atoms with Crippen molar-refractivity contribution in [2.24, 2.45) is 0 Å². The second kappa shape index (κ2) is 5.44. The predicted octanol–water partition coefficient (Wildman–Crippen LogP) is 1.84. The van der Waals surface area contributed by atoms with Crippen LogP contribution in [0.1, 0.15) is 42.1 Å². The Hall–Kier alpha value is -1.79. The zero-order valence-corrected chi connectivity index (χ0v) is 12.3. The average Bonchev–Trinajstić information content (AvgIpc) is 3.27. The van der Waals surface area contributed by atoms with Crippen LogP contribution in [0.2, 0.25) is 0 Å². The van der Waals surface area contributed by atoms with E-state index in [4.69, 9.17) is 0 Å². The number of aliphatic hydroxyl groups excluding tert-OH is 1. The Morgan fingerprint density at radius 1 is 1.23 bits per heavy atom. The molecule has 2 aromatic rings. The minimum atomic E-state index is -0.821. The fraction of sp³-hybridized carbons (Fsp3) is 0.500. The van der Waals surface area contributed by atoms with Gasteiger partial charge >= 0.3 is 0 Å².